The van der Waals surface area contributed by atoms with Crippen LogP contribution in [0.1, 0.15) is 47.0 Å². The van der Waals surface area contributed by atoms with E-state index in [0.29, 0.717) is 12.8 Å². The smallest absolute Gasteiger partial charge is 0.326 e. The van der Waals surface area contributed by atoms with Gasteiger partial charge in [0.05, 0.1) is 12.5 Å². The number of amides is 3. The lowest BCUT2D eigenvalue weighted by atomic mass is 9.95. The zero-order valence-corrected chi connectivity index (χ0v) is 19.1. The Labute approximate surface area is 187 Å². The molecule has 3 amide bonds. The lowest BCUT2D eigenvalue weighted by molar-refractivity contribution is -0.144. The molecule has 12 heteroatoms. The molecule has 0 aromatic heterocycles. The van der Waals surface area contributed by atoms with Gasteiger partial charge in [-0.15, -0.1) is 0 Å². The lowest BCUT2D eigenvalue weighted by Gasteiger charge is -2.28. The summed E-state index contributed by atoms with van der Waals surface area (Å²) in [5, 5.41) is 25.5. The number of nitrogens with one attached hydrogen (secondary N) is 3. The third-order valence-electron chi connectivity index (χ3n) is 5.12. The van der Waals surface area contributed by atoms with E-state index in [1.807, 2.05) is 6.92 Å². The number of carboxylic acids is 2. The second-order valence-corrected chi connectivity index (χ2v) is 7.90. The Morgan fingerprint density at radius 3 is 1.74 bits per heavy atom. The van der Waals surface area contributed by atoms with E-state index < -0.39 is 60.2 Å². The van der Waals surface area contributed by atoms with Crippen LogP contribution in [0.4, 0.5) is 0 Å². The molecule has 0 aliphatic heterocycles. The van der Waals surface area contributed by atoms with E-state index in [1.54, 1.807) is 20.8 Å². The van der Waals surface area contributed by atoms with Gasteiger partial charge in [-0.2, -0.15) is 12.6 Å². The van der Waals surface area contributed by atoms with Gasteiger partial charge in [0.1, 0.15) is 18.1 Å². The monoisotopic (exact) mass is 462 g/mol. The maximum absolute atomic E-state index is 12.8. The van der Waals surface area contributed by atoms with E-state index >= 15 is 0 Å². The van der Waals surface area contributed by atoms with E-state index in [9.17, 15) is 29.1 Å². The van der Waals surface area contributed by atoms with Crippen LogP contribution in [0, 0.1) is 11.8 Å². The standard InChI is InChI=1S/C19H34N4O7S/c1-5-9(3)14(18(28)23-15(19(29)30)10(4)6-2)22-17(27)12(8-31)21-16(26)11(20)7-13(24)25/h9-12,14-15,31H,5-8,20H2,1-4H3,(H,21,26)(H,22,27)(H,23,28)(H,24,25)(H,29,30). The number of hydrogen-bond acceptors (Lipinski definition) is 7. The molecule has 11 nitrogen and oxygen atoms in total. The summed E-state index contributed by atoms with van der Waals surface area (Å²) < 4.78 is 0. The Bertz CT molecular complexity index is 661. The third kappa shape index (κ3) is 9.55. The lowest BCUT2D eigenvalue weighted by Crippen LogP contribution is -2.59. The van der Waals surface area contributed by atoms with Gasteiger partial charge in [-0.3, -0.25) is 19.2 Å². The zero-order chi connectivity index (χ0) is 24.3. The van der Waals surface area contributed by atoms with Gasteiger partial charge in [-0.05, 0) is 11.8 Å². The van der Waals surface area contributed by atoms with Crippen molar-refractivity contribution in [2.24, 2.45) is 17.6 Å². The van der Waals surface area contributed by atoms with Crippen molar-refractivity contribution < 1.29 is 34.2 Å². The van der Waals surface area contributed by atoms with Crippen LogP contribution in [0.3, 0.4) is 0 Å². The van der Waals surface area contributed by atoms with Crippen molar-refractivity contribution in [2.45, 2.75) is 71.1 Å². The summed E-state index contributed by atoms with van der Waals surface area (Å²) in [6.45, 7) is 7.03. The number of hydrogen-bond donors (Lipinski definition) is 7. The second-order valence-electron chi connectivity index (χ2n) is 7.53. The molecule has 7 N–H and O–H groups in total. The Kier molecular flexibility index (Phi) is 12.8. The Morgan fingerprint density at radius 2 is 1.32 bits per heavy atom. The molecule has 6 unspecified atom stereocenters. The fraction of sp³-hybridized carbons (Fsp3) is 0.737. The van der Waals surface area contributed by atoms with Crippen molar-refractivity contribution in [3.8, 4) is 0 Å². The van der Waals surface area contributed by atoms with Crippen LogP contribution < -0.4 is 21.7 Å². The van der Waals surface area contributed by atoms with Crippen molar-refractivity contribution in [2.75, 3.05) is 5.75 Å². The van der Waals surface area contributed by atoms with Gasteiger partial charge in [0.2, 0.25) is 17.7 Å². The first-order valence-electron chi connectivity index (χ1n) is 10.1. The van der Waals surface area contributed by atoms with Crippen LogP contribution in [0.25, 0.3) is 0 Å². The first-order chi connectivity index (χ1) is 14.4. The van der Waals surface area contributed by atoms with E-state index in [4.69, 9.17) is 10.8 Å². The maximum Gasteiger partial charge on any atom is 0.326 e. The van der Waals surface area contributed by atoms with Gasteiger partial charge < -0.3 is 31.9 Å². The normalized spacial score (nSPS) is 16.7. The largest absolute Gasteiger partial charge is 0.481 e. The highest BCUT2D eigenvalue weighted by Gasteiger charge is 2.33. The van der Waals surface area contributed by atoms with Crippen LogP contribution in [0.5, 0.6) is 0 Å². The number of carboxylic acid groups (broad SMARTS) is 2. The topological polar surface area (TPSA) is 188 Å². The summed E-state index contributed by atoms with van der Waals surface area (Å²) >= 11 is 4.03. The van der Waals surface area contributed by atoms with E-state index in [-0.39, 0.29) is 17.6 Å². The number of carbonyl (C=O) groups is 5. The highest BCUT2D eigenvalue weighted by atomic mass is 32.1. The highest BCUT2D eigenvalue weighted by molar-refractivity contribution is 7.80. The van der Waals surface area contributed by atoms with Crippen molar-refractivity contribution in [1.29, 1.82) is 0 Å². The van der Waals surface area contributed by atoms with E-state index in [1.165, 1.54) is 0 Å². The molecular weight excluding hydrogens is 428 g/mol. The Hall–Kier alpha value is -2.34. The van der Waals surface area contributed by atoms with Crippen molar-refractivity contribution in [1.82, 2.24) is 16.0 Å². The molecule has 178 valence electrons. The van der Waals surface area contributed by atoms with Crippen LogP contribution in [-0.4, -0.2) is 69.8 Å². The molecule has 0 fully saturated rings. The first kappa shape index (κ1) is 28.7. The van der Waals surface area contributed by atoms with Gasteiger partial charge >= 0.3 is 11.9 Å². The second kappa shape index (κ2) is 13.9. The number of aliphatic carboxylic acids is 2. The van der Waals surface area contributed by atoms with Crippen LogP contribution in [0.2, 0.25) is 0 Å². The third-order valence-corrected chi connectivity index (χ3v) is 5.48. The average molecular weight is 463 g/mol. The predicted octanol–water partition coefficient (Wildman–Crippen LogP) is -0.651. The van der Waals surface area contributed by atoms with Crippen molar-refractivity contribution >= 4 is 42.3 Å². The molecule has 0 aliphatic rings. The molecular formula is C19H34N4O7S. The number of carbonyl (C=O) groups excluding carboxylic acids is 3. The summed E-state index contributed by atoms with van der Waals surface area (Å²) in [5.74, 6) is -5.44. The molecule has 0 saturated heterocycles. The van der Waals surface area contributed by atoms with Gasteiger partial charge in [0.15, 0.2) is 0 Å². The molecule has 0 spiro atoms. The van der Waals surface area contributed by atoms with Crippen molar-refractivity contribution in [3.05, 3.63) is 0 Å². The first-order valence-corrected chi connectivity index (χ1v) is 10.7. The van der Waals surface area contributed by atoms with Crippen LogP contribution in [-0.2, 0) is 24.0 Å². The molecule has 0 rings (SSSR count). The summed E-state index contributed by atoms with van der Waals surface area (Å²) in [6, 6.07) is -4.68. The molecule has 0 heterocycles. The average Bonchev–Trinajstić information content (AvgIpc) is 2.71. The van der Waals surface area contributed by atoms with E-state index in [0.717, 1.165) is 0 Å². The molecule has 6 atom stereocenters. The Morgan fingerprint density at radius 1 is 0.839 bits per heavy atom. The summed E-state index contributed by atoms with van der Waals surface area (Å²) in [7, 11) is 0. The minimum absolute atomic E-state index is 0.128. The maximum atomic E-state index is 12.8. The Balaban J connectivity index is 5.37. The van der Waals surface area contributed by atoms with E-state index in [2.05, 4.69) is 28.6 Å². The highest BCUT2D eigenvalue weighted by Crippen LogP contribution is 2.12. The number of thiol groups is 1. The fourth-order valence-electron chi connectivity index (χ4n) is 2.64. The molecule has 0 radical (unpaired) electrons. The predicted molar refractivity (Wildman–Crippen MR) is 116 cm³/mol. The molecule has 0 aliphatic carbocycles. The number of rotatable bonds is 14. The molecule has 0 aromatic rings. The molecule has 0 saturated carbocycles. The van der Waals surface area contributed by atoms with Gasteiger partial charge in [0, 0.05) is 5.75 Å². The molecule has 0 aromatic carbocycles. The van der Waals surface area contributed by atoms with Gasteiger partial charge in [-0.25, -0.2) is 4.79 Å². The molecule has 0 bridgehead atoms. The molecule has 31 heavy (non-hydrogen) atoms. The van der Waals surface area contributed by atoms with Crippen LogP contribution >= 0.6 is 12.6 Å². The summed E-state index contributed by atoms with van der Waals surface area (Å²) in [4.78, 5) is 59.7. The number of nitrogens with two attached hydrogens (primary N) is 1. The minimum Gasteiger partial charge on any atom is -0.481 e. The minimum atomic E-state index is -1.35. The SMILES string of the molecule is CCC(C)C(NC(=O)C(NC(=O)C(CS)NC(=O)C(N)CC(=O)O)C(C)CC)C(=O)O. The quantitative estimate of drug-likeness (QED) is 0.166. The summed E-state index contributed by atoms with van der Waals surface area (Å²) in [6.07, 6.45) is 0.430. The van der Waals surface area contributed by atoms with Crippen molar-refractivity contribution in [3.63, 3.8) is 0 Å². The van der Waals surface area contributed by atoms with Crippen LogP contribution in [0.15, 0.2) is 0 Å². The fourth-order valence-corrected chi connectivity index (χ4v) is 2.89. The van der Waals surface area contributed by atoms with Gasteiger partial charge in [-0.1, -0.05) is 40.5 Å². The van der Waals surface area contributed by atoms with Gasteiger partial charge in [0.25, 0.3) is 0 Å². The summed E-state index contributed by atoms with van der Waals surface area (Å²) in [5.41, 5.74) is 5.50. The zero-order valence-electron chi connectivity index (χ0n) is 18.3.